The van der Waals surface area contributed by atoms with E-state index in [4.69, 9.17) is 0 Å². The van der Waals surface area contributed by atoms with E-state index < -0.39 is 26.6 Å². The highest BCUT2D eigenvalue weighted by Gasteiger charge is 2.20. The Morgan fingerprint density at radius 1 is 1.00 bits per heavy atom. The molecule has 4 rings (SSSR count). The molecule has 0 atom stereocenters. The van der Waals surface area contributed by atoms with Crippen molar-refractivity contribution in [2.75, 3.05) is 4.72 Å². The summed E-state index contributed by atoms with van der Waals surface area (Å²) in [7, 11) is -4.21. The molecule has 0 spiro atoms. The Bertz CT molecular complexity index is 1220. The number of nitrogens with one attached hydrogen (secondary N) is 1. The number of halogens is 2. The van der Waals surface area contributed by atoms with Gasteiger partial charge in [-0.25, -0.2) is 27.2 Å². The minimum absolute atomic E-state index is 0.239. The van der Waals surface area contributed by atoms with Crippen LogP contribution in [0.1, 0.15) is 0 Å². The van der Waals surface area contributed by atoms with Gasteiger partial charge < -0.3 is 0 Å². The molecule has 0 aliphatic rings. The molecule has 0 bridgehead atoms. The van der Waals surface area contributed by atoms with Gasteiger partial charge in [-0.2, -0.15) is 0 Å². The highest BCUT2D eigenvalue weighted by Crippen LogP contribution is 2.30. The van der Waals surface area contributed by atoms with E-state index in [1.54, 1.807) is 30.5 Å². The Labute approximate surface area is 157 Å². The lowest BCUT2D eigenvalue weighted by atomic mass is 10.2. The number of aromatic nitrogens is 2. The number of sulfonamides is 1. The van der Waals surface area contributed by atoms with Gasteiger partial charge in [0.15, 0.2) is 0 Å². The van der Waals surface area contributed by atoms with E-state index in [0.29, 0.717) is 16.6 Å². The van der Waals surface area contributed by atoms with Crippen molar-refractivity contribution in [3.05, 3.63) is 72.4 Å². The van der Waals surface area contributed by atoms with Crippen LogP contribution in [0.2, 0.25) is 0 Å². The van der Waals surface area contributed by atoms with Gasteiger partial charge in [-0.3, -0.25) is 4.72 Å². The molecule has 0 aliphatic carbocycles. The summed E-state index contributed by atoms with van der Waals surface area (Å²) in [6.45, 7) is 0. The molecule has 0 aliphatic heterocycles. The Hall–Kier alpha value is -2.91. The van der Waals surface area contributed by atoms with Gasteiger partial charge in [-0.15, -0.1) is 0 Å². The topological polar surface area (TPSA) is 72.0 Å². The largest absolute Gasteiger partial charge is 0.280 e. The van der Waals surface area contributed by atoms with Crippen LogP contribution in [-0.4, -0.2) is 18.4 Å². The number of rotatable bonds is 4. The average molecular weight is 403 g/mol. The fourth-order valence-corrected chi connectivity index (χ4v) is 4.53. The first kappa shape index (κ1) is 17.5. The second kappa shape index (κ2) is 6.67. The Morgan fingerprint density at radius 2 is 1.85 bits per heavy atom. The molecule has 9 heteroatoms. The fourth-order valence-electron chi connectivity index (χ4n) is 2.51. The summed E-state index contributed by atoms with van der Waals surface area (Å²) in [6, 6.07) is 12.5. The summed E-state index contributed by atoms with van der Waals surface area (Å²) in [5.41, 5.74) is 1.68. The normalized spacial score (nSPS) is 11.6. The number of thiazole rings is 1. The third-order valence-corrected chi connectivity index (χ3v) is 6.15. The number of nitrogens with zero attached hydrogens (tertiary/aromatic N) is 2. The number of fused-ring (bicyclic) bond motifs is 1. The summed E-state index contributed by atoms with van der Waals surface area (Å²) in [4.78, 5) is 8.86. The first-order valence-corrected chi connectivity index (χ1v) is 10.0. The quantitative estimate of drug-likeness (QED) is 0.547. The molecule has 27 heavy (non-hydrogen) atoms. The molecule has 2 aromatic carbocycles. The molecule has 136 valence electrons. The van der Waals surface area contributed by atoms with Crippen molar-refractivity contribution >= 4 is 37.4 Å². The number of hydrogen-bond donors (Lipinski definition) is 1. The van der Waals surface area contributed by atoms with Crippen molar-refractivity contribution in [3.8, 4) is 10.6 Å². The van der Waals surface area contributed by atoms with Crippen molar-refractivity contribution in [1.29, 1.82) is 0 Å². The molecule has 2 aromatic heterocycles. The van der Waals surface area contributed by atoms with E-state index in [2.05, 4.69) is 14.7 Å². The standard InChI is InChI=1S/C18H11F2N3O2S2/c19-12-6-7-16(14(20)10-12)27(24,25)23-13-4-1-3-11(9-13)17-22-15-5-2-8-21-18(15)26-17/h1-10,23H. The predicted octanol–water partition coefficient (Wildman–Crippen LogP) is 4.44. The van der Waals surface area contributed by atoms with Crippen molar-refractivity contribution in [3.63, 3.8) is 0 Å². The molecule has 1 N–H and O–H groups in total. The molecule has 0 fully saturated rings. The highest BCUT2D eigenvalue weighted by atomic mass is 32.2. The molecule has 0 radical (unpaired) electrons. The van der Waals surface area contributed by atoms with Crippen molar-refractivity contribution < 1.29 is 17.2 Å². The summed E-state index contributed by atoms with van der Waals surface area (Å²) >= 11 is 1.38. The van der Waals surface area contributed by atoms with E-state index in [0.717, 1.165) is 22.5 Å². The molecule has 0 saturated heterocycles. The fraction of sp³-hybridized carbons (Fsp3) is 0. The maximum absolute atomic E-state index is 13.8. The summed E-state index contributed by atoms with van der Waals surface area (Å²) < 4.78 is 54.0. The van der Waals surface area contributed by atoms with Crippen LogP contribution in [0.4, 0.5) is 14.5 Å². The van der Waals surface area contributed by atoms with Gasteiger partial charge in [0.1, 0.15) is 31.9 Å². The SMILES string of the molecule is O=S(=O)(Nc1cccc(-c2nc3cccnc3s2)c1)c1ccc(F)cc1F. The number of pyridine rings is 1. The Morgan fingerprint density at radius 3 is 2.63 bits per heavy atom. The maximum Gasteiger partial charge on any atom is 0.264 e. The second-order valence-electron chi connectivity index (χ2n) is 5.61. The van der Waals surface area contributed by atoms with Crippen LogP contribution in [-0.2, 0) is 10.0 Å². The molecule has 2 heterocycles. The van der Waals surface area contributed by atoms with E-state index in [1.807, 2.05) is 6.07 Å². The monoisotopic (exact) mass is 403 g/mol. The van der Waals surface area contributed by atoms with Crippen LogP contribution < -0.4 is 4.72 Å². The van der Waals surface area contributed by atoms with Crippen LogP contribution in [0.25, 0.3) is 20.9 Å². The predicted molar refractivity (Wildman–Crippen MR) is 100 cm³/mol. The van der Waals surface area contributed by atoms with Crippen LogP contribution in [0.15, 0.2) is 65.7 Å². The van der Waals surface area contributed by atoms with Gasteiger partial charge in [0, 0.05) is 23.5 Å². The average Bonchev–Trinajstić information content (AvgIpc) is 3.05. The summed E-state index contributed by atoms with van der Waals surface area (Å²) in [6.07, 6.45) is 1.67. The van der Waals surface area contributed by atoms with Crippen LogP contribution in [0.5, 0.6) is 0 Å². The van der Waals surface area contributed by atoms with Crippen molar-refractivity contribution in [1.82, 2.24) is 9.97 Å². The lowest BCUT2D eigenvalue weighted by Gasteiger charge is -2.09. The smallest absolute Gasteiger partial charge is 0.264 e. The van der Waals surface area contributed by atoms with Crippen LogP contribution in [0.3, 0.4) is 0 Å². The van der Waals surface area contributed by atoms with Crippen molar-refractivity contribution in [2.45, 2.75) is 4.90 Å². The van der Waals surface area contributed by atoms with E-state index in [9.17, 15) is 17.2 Å². The van der Waals surface area contributed by atoms with Crippen LogP contribution in [0, 0.1) is 11.6 Å². The molecule has 5 nitrogen and oxygen atoms in total. The van der Waals surface area contributed by atoms with Gasteiger partial charge >= 0.3 is 0 Å². The third-order valence-electron chi connectivity index (χ3n) is 3.71. The minimum Gasteiger partial charge on any atom is -0.280 e. The second-order valence-corrected chi connectivity index (χ2v) is 8.24. The summed E-state index contributed by atoms with van der Waals surface area (Å²) in [5.74, 6) is -2.01. The molecular weight excluding hydrogens is 392 g/mol. The molecular formula is C18H11F2N3O2S2. The van der Waals surface area contributed by atoms with E-state index >= 15 is 0 Å². The highest BCUT2D eigenvalue weighted by molar-refractivity contribution is 7.92. The van der Waals surface area contributed by atoms with E-state index in [1.165, 1.54) is 17.4 Å². The molecule has 0 unspecified atom stereocenters. The van der Waals surface area contributed by atoms with Gasteiger partial charge in [0.25, 0.3) is 10.0 Å². The first-order chi connectivity index (χ1) is 12.9. The molecule has 4 aromatic rings. The first-order valence-electron chi connectivity index (χ1n) is 7.72. The molecule has 0 amide bonds. The summed E-state index contributed by atoms with van der Waals surface area (Å²) in [5, 5.41) is 0.678. The number of anilines is 1. The zero-order chi connectivity index (χ0) is 19.0. The Balaban J connectivity index is 1.68. The number of benzene rings is 2. The van der Waals surface area contributed by atoms with Gasteiger partial charge in [0.2, 0.25) is 0 Å². The lowest BCUT2D eigenvalue weighted by Crippen LogP contribution is -2.14. The Kier molecular flexibility index (Phi) is 4.33. The lowest BCUT2D eigenvalue weighted by molar-refractivity contribution is 0.551. The van der Waals surface area contributed by atoms with Crippen LogP contribution >= 0.6 is 11.3 Å². The van der Waals surface area contributed by atoms with Gasteiger partial charge in [-0.05, 0) is 36.4 Å². The zero-order valence-electron chi connectivity index (χ0n) is 13.6. The number of hydrogen-bond acceptors (Lipinski definition) is 5. The third kappa shape index (κ3) is 3.51. The molecule has 0 saturated carbocycles. The van der Waals surface area contributed by atoms with E-state index in [-0.39, 0.29) is 5.69 Å². The van der Waals surface area contributed by atoms with Gasteiger partial charge in [0.05, 0.1) is 0 Å². The zero-order valence-corrected chi connectivity index (χ0v) is 15.2. The minimum atomic E-state index is -4.21. The maximum atomic E-state index is 13.8. The van der Waals surface area contributed by atoms with Crippen molar-refractivity contribution in [2.24, 2.45) is 0 Å². The van der Waals surface area contributed by atoms with Gasteiger partial charge in [-0.1, -0.05) is 23.5 Å².